The van der Waals surface area contributed by atoms with Crippen LogP contribution < -0.4 is 20.1 Å². The summed E-state index contributed by atoms with van der Waals surface area (Å²) in [6.07, 6.45) is 14.4. The highest BCUT2D eigenvalue weighted by atomic mass is 19.3. The maximum atomic E-state index is 14.2. The molecule has 2 aliphatic carbocycles. The molecular weight excluding hydrogens is 875 g/mol. The number of rotatable bonds is 14. The van der Waals surface area contributed by atoms with Crippen molar-refractivity contribution in [2.24, 2.45) is 11.8 Å². The highest BCUT2D eigenvalue weighted by molar-refractivity contribution is 5.95. The minimum absolute atomic E-state index is 0.0248. The molecular formula is C52H66F6N4O5. The molecule has 0 spiro atoms. The molecule has 15 heteroatoms. The van der Waals surface area contributed by atoms with Crippen LogP contribution in [-0.4, -0.2) is 91.5 Å². The van der Waals surface area contributed by atoms with E-state index >= 15 is 0 Å². The third kappa shape index (κ3) is 14.5. The first-order valence-corrected chi connectivity index (χ1v) is 23.5. The first-order chi connectivity index (χ1) is 31.9. The Hall–Kier alpha value is -5.02. The number of carbonyl (C=O) groups is 2. The summed E-state index contributed by atoms with van der Waals surface area (Å²) in [5, 5.41) is 7.10. The van der Waals surface area contributed by atoms with Gasteiger partial charge in [-0.1, -0.05) is 49.0 Å². The summed E-state index contributed by atoms with van der Waals surface area (Å²) in [6.45, 7) is 8.25. The lowest BCUT2D eigenvalue weighted by Gasteiger charge is -2.35. The zero-order valence-corrected chi connectivity index (χ0v) is 39.5. The highest BCUT2D eigenvalue weighted by Gasteiger charge is 2.46. The fraction of sp³-hybridized carbons (Fsp3) is 0.538. The van der Waals surface area contributed by atoms with Crippen LogP contribution in [0.5, 0.6) is 11.5 Å². The van der Waals surface area contributed by atoms with Crippen LogP contribution in [0.1, 0.15) is 120 Å². The molecule has 366 valence electrons. The van der Waals surface area contributed by atoms with Crippen LogP contribution in [0.15, 0.2) is 65.7 Å². The number of likely N-dealkylation sites (tertiary alicyclic amines) is 1. The molecule has 4 aliphatic rings. The summed E-state index contributed by atoms with van der Waals surface area (Å²) in [5.74, 6) is -1.80. The number of nitrogens with one attached hydrogen (secondary N) is 2. The number of alkyl halides is 2. The molecule has 4 fully saturated rings. The fourth-order valence-electron chi connectivity index (χ4n) is 10.2. The van der Waals surface area contributed by atoms with E-state index in [0.717, 1.165) is 49.8 Å². The first kappa shape index (κ1) is 51.4. The Morgan fingerprint density at radius 1 is 0.821 bits per heavy atom. The van der Waals surface area contributed by atoms with E-state index < -0.39 is 35.5 Å². The molecule has 7 rings (SSSR count). The number of methoxy groups -OCH3 is 1. The van der Waals surface area contributed by atoms with Gasteiger partial charge in [-0.25, -0.2) is 22.4 Å². The summed E-state index contributed by atoms with van der Waals surface area (Å²) in [5.41, 5.74) is 2.00. The van der Waals surface area contributed by atoms with Crippen LogP contribution in [0.4, 0.5) is 31.1 Å². The van der Waals surface area contributed by atoms with E-state index in [4.69, 9.17) is 9.47 Å². The summed E-state index contributed by atoms with van der Waals surface area (Å²) in [4.78, 5) is 30.2. The van der Waals surface area contributed by atoms with Gasteiger partial charge >= 0.3 is 12.7 Å². The van der Waals surface area contributed by atoms with Crippen LogP contribution in [0.2, 0.25) is 0 Å². The lowest BCUT2D eigenvalue weighted by Crippen LogP contribution is -2.48. The van der Waals surface area contributed by atoms with Gasteiger partial charge in [0.25, 0.3) is 5.91 Å². The number of amides is 2. The van der Waals surface area contributed by atoms with Crippen LogP contribution in [-0.2, 0) is 4.74 Å². The Morgan fingerprint density at radius 2 is 1.45 bits per heavy atom. The van der Waals surface area contributed by atoms with Crippen molar-refractivity contribution in [1.29, 1.82) is 0 Å². The van der Waals surface area contributed by atoms with E-state index in [2.05, 4.69) is 15.4 Å². The molecule has 2 saturated heterocycles. The maximum Gasteiger partial charge on any atom is 0.410 e. The van der Waals surface area contributed by atoms with Crippen molar-refractivity contribution in [2.75, 3.05) is 33.3 Å². The van der Waals surface area contributed by atoms with Crippen molar-refractivity contribution in [3.63, 3.8) is 0 Å². The summed E-state index contributed by atoms with van der Waals surface area (Å²) < 4.78 is 95.3. The molecule has 2 aliphatic heterocycles. The molecule has 3 aromatic rings. The topological polar surface area (TPSA) is 92.4 Å². The van der Waals surface area contributed by atoms with Crippen molar-refractivity contribution in [3.05, 3.63) is 106 Å². The molecule has 2 heterocycles. The Labute approximate surface area is 391 Å². The zero-order valence-electron chi connectivity index (χ0n) is 39.5. The number of hydrogen-bond donors (Lipinski definition) is 2. The average Bonchev–Trinajstić information content (AvgIpc) is 3.85. The molecule has 0 bridgehead atoms. The van der Waals surface area contributed by atoms with Crippen molar-refractivity contribution in [3.8, 4) is 11.5 Å². The first-order valence-electron chi connectivity index (χ1n) is 23.5. The number of ether oxygens (including phenoxy) is 3. The van der Waals surface area contributed by atoms with Gasteiger partial charge in [-0.2, -0.15) is 8.78 Å². The second-order valence-electron chi connectivity index (χ2n) is 19.5. The maximum absolute atomic E-state index is 14.2. The normalized spacial score (nSPS) is 23.0. The molecule has 2 N–H and O–H groups in total. The predicted molar refractivity (Wildman–Crippen MR) is 248 cm³/mol. The zero-order chi connectivity index (χ0) is 48.4. The molecule has 0 aromatic heterocycles. The Balaban J connectivity index is 0.000000226. The number of carbonyl (C=O) groups excluding carboxylic acids is 2. The standard InChI is InChI=1S/C28H32F4N2O3.C24H34F2N2O2/c1-17(11-18-7-9-21(29)14-23(18)30)15-34(16-22-12-19-5-3-4-6-24(19)33-22)27(35)20-8-10-25(37-28(31)32)26(13-20)36-2;1-16(11-17-9-10-19(25)13-21(17)26)14-27-15-20-12-18-7-5-6-8-22(18)28(20)23(29)30-24(2,3)4/h7-11,13-14,19,22,24,28,33H,3-6,12,15-16H2,1-2H3;9-11,13,18,20,22,27H,5-8,12,14-15H2,1-4H3/b17-11+;16-11+/t19-,22-,24-;18-,20-,22-/m00/s1. The van der Waals surface area contributed by atoms with Crippen molar-refractivity contribution in [1.82, 2.24) is 20.4 Å². The van der Waals surface area contributed by atoms with Crippen molar-refractivity contribution in [2.45, 2.75) is 135 Å². The van der Waals surface area contributed by atoms with E-state index in [9.17, 15) is 35.9 Å². The Kier molecular flexibility index (Phi) is 17.9. The smallest absolute Gasteiger partial charge is 0.410 e. The summed E-state index contributed by atoms with van der Waals surface area (Å²) in [7, 11) is 1.31. The van der Waals surface area contributed by atoms with Gasteiger partial charge in [0.15, 0.2) is 11.5 Å². The van der Waals surface area contributed by atoms with Crippen LogP contribution in [0.3, 0.4) is 0 Å². The average molecular weight is 941 g/mol. The molecule has 67 heavy (non-hydrogen) atoms. The molecule has 6 atom stereocenters. The number of nitrogens with zero attached hydrogens (tertiary/aromatic N) is 2. The van der Waals surface area contributed by atoms with Gasteiger partial charge in [0.2, 0.25) is 0 Å². The Morgan fingerprint density at radius 3 is 2.06 bits per heavy atom. The van der Waals surface area contributed by atoms with Crippen LogP contribution >= 0.6 is 0 Å². The summed E-state index contributed by atoms with van der Waals surface area (Å²) in [6, 6.07) is 12.0. The van der Waals surface area contributed by atoms with Gasteiger partial charge in [-0.15, -0.1) is 0 Å². The van der Waals surface area contributed by atoms with E-state index in [1.54, 1.807) is 24.0 Å². The minimum Gasteiger partial charge on any atom is -0.493 e. The quantitative estimate of drug-likeness (QED) is 0.156. The molecule has 2 amide bonds. The highest BCUT2D eigenvalue weighted by Crippen LogP contribution is 2.40. The van der Waals surface area contributed by atoms with Gasteiger partial charge in [-0.05, 0) is 127 Å². The SMILES string of the molecule is C/C(=C\c1ccc(F)cc1F)CNC[C@@H]1C[C@@H]2CCCC[C@@H]2N1C(=O)OC(C)(C)C.COc1cc(C(=O)N(C/C(C)=C/c2ccc(F)cc2F)C[C@@H]2C[C@@H]3CCCC[C@@H]3N2)ccc1OC(F)F. The fourth-order valence-corrected chi connectivity index (χ4v) is 10.2. The van der Waals surface area contributed by atoms with E-state index in [1.807, 2.05) is 32.6 Å². The second-order valence-corrected chi connectivity index (χ2v) is 19.5. The molecule has 9 nitrogen and oxygen atoms in total. The predicted octanol–water partition coefficient (Wildman–Crippen LogP) is 11.6. The monoisotopic (exact) mass is 940 g/mol. The molecule has 3 aromatic carbocycles. The van der Waals surface area contributed by atoms with Gasteiger partial charge in [0, 0.05) is 79.2 Å². The van der Waals surface area contributed by atoms with Gasteiger partial charge < -0.3 is 34.6 Å². The van der Waals surface area contributed by atoms with Crippen molar-refractivity contribution < 1.29 is 50.1 Å². The van der Waals surface area contributed by atoms with Gasteiger partial charge in [0.05, 0.1) is 7.11 Å². The largest absolute Gasteiger partial charge is 0.493 e. The Bertz CT molecular complexity index is 2220. The van der Waals surface area contributed by atoms with Crippen LogP contribution in [0.25, 0.3) is 12.2 Å². The second kappa shape index (κ2) is 23.3. The van der Waals surface area contributed by atoms with E-state index in [-0.39, 0.29) is 59.3 Å². The van der Waals surface area contributed by atoms with Crippen LogP contribution in [0, 0.1) is 35.1 Å². The minimum atomic E-state index is -3.02. The molecule has 0 unspecified atom stereocenters. The lowest BCUT2D eigenvalue weighted by atomic mass is 9.85. The number of benzene rings is 3. The van der Waals surface area contributed by atoms with Gasteiger partial charge in [-0.3, -0.25) is 4.79 Å². The number of fused-ring (bicyclic) bond motifs is 2. The lowest BCUT2D eigenvalue weighted by molar-refractivity contribution is -0.0512. The molecule has 2 saturated carbocycles. The third-order valence-electron chi connectivity index (χ3n) is 13.1. The van der Waals surface area contributed by atoms with E-state index in [0.29, 0.717) is 48.6 Å². The molecule has 0 radical (unpaired) electrons. The van der Waals surface area contributed by atoms with Gasteiger partial charge in [0.1, 0.15) is 28.9 Å². The number of halogens is 6. The summed E-state index contributed by atoms with van der Waals surface area (Å²) >= 11 is 0. The number of hydrogen-bond acceptors (Lipinski definition) is 7. The van der Waals surface area contributed by atoms with E-state index in [1.165, 1.54) is 81.7 Å². The van der Waals surface area contributed by atoms with Crippen molar-refractivity contribution >= 4 is 24.2 Å². The third-order valence-corrected chi connectivity index (χ3v) is 13.1.